The van der Waals surface area contributed by atoms with E-state index in [1.54, 1.807) is 6.92 Å². The molecule has 1 atom stereocenters. The number of nitrogens with one attached hydrogen (secondary N) is 2. The van der Waals surface area contributed by atoms with Gasteiger partial charge in [0.1, 0.15) is 9.88 Å². The van der Waals surface area contributed by atoms with Crippen molar-refractivity contribution in [3.63, 3.8) is 0 Å². The third kappa shape index (κ3) is 3.51. The van der Waals surface area contributed by atoms with Crippen molar-refractivity contribution in [1.29, 1.82) is 0 Å². The minimum absolute atomic E-state index is 0.00810. The first-order chi connectivity index (χ1) is 9.08. The summed E-state index contributed by atoms with van der Waals surface area (Å²) in [5.74, 6) is -0.949. The summed E-state index contributed by atoms with van der Waals surface area (Å²) in [7, 11) is 0. The fourth-order valence-corrected chi connectivity index (χ4v) is 2.95. The van der Waals surface area contributed by atoms with Crippen LogP contribution in [0.1, 0.15) is 33.2 Å². The quantitative estimate of drug-likeness (QED) is 0.759. The number of carbonyl (C=O) groups excluding carboxylic acids is 1. The normalized spacial score (nSPS) is 19.1. The Morgan fingerprint density at radius 1 is 1.58 bits per heavy atom. The molecule has 1 saturated heterocycles. The second kappa shape index (κ2) is 6.12. The number of carboxylic acid groups (broad SMARTS) is 1. The number of amides is 1. The van der Waals surface area contributed by atoms with Crippen LogP contribution in [0.2, 0.25) is 0 Å². The lowest BCUT2D eigenvalue weighted by atomic mass is 9.99. The molecule has 1 aliphatic heterocycles. The Kier molecular flexibility index (Phi) is 4.49. The number of aryl methyl sites for hydroxylation is 1. The molecule has 0 aliphatic carbocycles. The molecule has 1 amide bonds. The van der Waals surface area contributed by atoms with Crippen LogP contribution in [0.15, 0.2) is 0 Å². The molecule has 0 bridgehead atoms. The van der Waals surface area contributed by atoms with E-state index < -0.39 is 5.97 Å². The van der Waals surface area contributed by atoms with Crippen molar-refractivity contribution in [1.82, 2.24) is 15.6 Å². The van der Waals surface area contributed by atoms with E-state index in [2.05, 4.69) is 15.6 Å². The number of hydrogen-bond acceptors (Lipinski definition) is 5. The van der Waals surface area contributed by atoms with Crippen molar-refractivity contribution < 1.29 is 14.7 Å². The summed E-state index contributed by atoms with van der Waals surface area (Å²) in [6.45, 7) is 3.64. The zero-order chi connectivity index (χ0) is 13.8. The van der Waals surface area contributed by atoms with Gasteiger partial charge in [-0.3, -0.25) is 4.79 Å². The standard InChI is InChI=1S/C12H17N3O3S/c1-7-10(12(17)18)19-9(15-7)6-14-11(16)8-3-2-4-13-5-8/h8,13H,2-6H2,1H3,(H,14,16)(H,17,18)/t8-/m0/s1. The van der Waals surface area contributed by atoms with Gasteiger partial charge in [0.05, 0.1) is 18.2 Å². The zero-order valence-corrected chi connectivity index (χ0v) is 11.5. The summed E-state index contributed by atoms with van der Waals surface area (Å²) < 4.78 is 0. The van der Waals surface area contributed by atoms with Gasteiger partial charge in [-0.15, -0.1) is 11.3 Å². The highest BCUT2D eigenvalue weighted by Crippen LogP contribution is 2.18. The predicted molar refractivity (Wildman–Crippen MR) is 71.3 cm³/mol. The smallest absolute Gasteiger partial charge is 0.347 e. The summed E-state index contributed by atoms with van der Waals surface area (Å²) in [6.07, 6.45) is 1.91. The highest BCUT2D eigenvalue weighted by molar-refractivity contribution is 7.13. The zero-order valence-electron chi connectivity index (χ0n) is 10.7. The first kappa shape index (κ1) is 14.0. The van der Waals surface area contributed by atoms with Gasteiger partial charge in [-0.25, -0.2) is 9.78 Å². The molecule has 1 aliphatic rings. The molecule has 104 valence electrons. The molecule has 6 nitrogen and oxygen atoms in total. The van der Waals surface area contributed by atoms with Gasteiger partial charge in [0.15, 0.2) is 0 Å². The van der Waals surface area contributed by atoms with Crippen LogP contribution in [-0.4, -0.2) is 35.1 Å². The van der Waals surface area contributed by atoms with Crippen molar-refractivity contribution in [3.05, 3.63) is 15.6 Å². The van der Waals surface area contributed by atoms with E-state index in [0.29, 0.717) is 23.8 Å². The minimum atomic E-state index is -0.968. The van der Waals surface area contributed by atoms with Crippen LogP contribution in [0, 0.1) is 12.8 Å². The molecule has 0 aromatic carbocycles. The Morgan fingerprint density at radius 2 is 2.37 bits per heavy atom. The Morgan fingerprint density at radius 3 is 2.95 bits per heavy atom. The van der Waals surface area contributed by atoms with Gasteiger partial charge in [-0.2, -0.15) is 0 Å². The number of thiazole rings is 1. The van der Waals surface area contributed by atoms with E-state index in [4.69, 9.17) is 5.11 Å². The van der Waals surface area contributed by atoms with Crippen LogP contribution >= 0.6 is 11.3 Å². The second-order valence-corrected chi connectivity index (χ2v) is 5.67. The van der Waals surface area contributed by atoms with Crippen LogP contribution in [0.3, 0.4) is 0 Å². The van der Waals surface area contributed by atoms with E-state index in [1.807, 2.05) is 0 Å². The van der Waals surface area contributed by atoms with E-state index in [0.717, 1.165) is 30.7 Å². The number of hydrogen-bond donors (Lipinski definition) is 3. The van der Waals surface area contributed by atoms with Gasteiger partial charge < -0.3 is 15.7 Å². The predicted octanol–water partition coefficient (Wildman–Crippen LogP) is 0.766. The molecule has 0 unspecified atom stereocenters. The first-order valence-corrected chi connectivity index (χ1v) is 7.07. The molecular weight excluding hydrogens is 266 g/mol. The van der Waals surface area contributed by atoms with Gasteiger partial charge in [0.2, 0.25) is 5.91 Å². The van der Waals surface area contributed by atoms with E-state index in [-0.39, 0.29) is 16.7 Å². The Balaban J connectivity index is 1.89. The maximum Gasteiger partial charge on any atom is 0.347 e. The molecule has 2 heterocycles. The number of carbonyl (C=O) groups is 2. The topological polar surface area (TPSA) is 91.3 Å². The Bertz CT molecular complexity index is 481. The van der Waals surface area contributed by atoms with Gasteiger partial charge in [0.25, 0.3) is 0 Å². The summed E-state index contributed by atoms with van der Waals surface area (Å²) >= 11 is 1.12. The fourth-order valence-electron chi connectivity index (χ4n) is 2.11. The molecule has 0 spiro atoms. The van der Waals surface area contributed by atoms with Crippen LogP contribution in [0.4, 0.5) is 0 Å². The lowest BCUT2D eigenvalue weighted by molar-refractivity contribution is -0.125. The molecule has 7 heteroatoms. The number of piperidine rings is 1. The molecule has 19 heavy (non-hydrogen) atoms. The van der Waals surface area contributed by atoms with Crippen molar-refractivity contribution in [2.24, 2.45) is 5.92 Å². The number of rotatable bonds is 4. The maximum absolute atomic E-state index is 11.9. The summed E-state index contributed by atoms with van der Waals surface area (Å²) in [5, 5.41) is 15.6. The maximum atomic E-state index is 11.9. The Hall–Kier alpha value is -1.47. The third-order valence-electron chi connectivity index (χ3n) is 3.12. The second-order valence-electron chi connectivity index (χ2n) is 4.59. The lowest BCUT2D eigenvalue weighted by Crippen LogP contribution is -2.40. The number of aromatic nitrogens is 1. The van der Waals surface area contributed by atoms with Crippen molar-refractivity contribution in [3.8, 4) is 0 Å². The SMILES string of the molecule is Cc1nc(CNC(=O)[C@H]2CCCNC2)sc1C(=O)O. The van der Waals surface area contributed by atoms with Crippen LogP contribution in [-0.2, 0) is 11.3 Å². The van der Waals surface area contributed by atoms with Crippen molar-refractivity contribution in [2.45, 2.75) is 26.3 Å². The van der Waals surface area contributed by atoms with E-state index >= 15 is 0 Å². The largest absolute Gasteiger partial charge is 0.477 e. The lowest BCUT2D eigenvalue weighted by Gasteiger charge is -2.21. The first-order valence-electron chi connectivity index (χ1n) is 6.26. The van der Waals surface area contributed by atoms with Crippen molar-refractivity contribution in [2.75, 3.05) is 13.1 Å². The summed E-state index contributed by atoms with van der Waals surface area (Å²) in [5.41, 5.74) is 0.501. The van der Waals surface area contributed by atoms with Gasteiger partial charge in [-0.1, -0.05) is 0 Å². The van der Waals surface area contributed by atoms with E-state index in [1.165, 1.54) is 0 Å². The van der Waals surface area contributed by atoms with Gasteiger partial charge in [-0.05, 0) is 26.3 Å². The van der Waals surface area contributed by atoms with Crippen LogP contribution < -0.4 is 10.6 Å². The van der Waals surface area contributed by atoms with Crippen molar-refractivity contribution >= 4 is 23.2 Å². The molecule has 0 radical (unpaired) electrons. The monoisotopic (exact) mass is 283 g/mol. The molecule has 2 rings (SSSR count). The van der Waals surface area contributed by atoms with Gasteiger partial charge >= 0.3 is 5.97 Å². The molecule has 1 aromatic heterocycles. The van der Waals surface area contributed by atoms with Crippen LogP contribution in [0.25, 0.3) is 0 Å². The number of nitrogens with zero attached hydrogens (tertiary/aromatic N) is 1. The minimum Gasteiger partial charge on any atom is -0.477 e. The van der Waals surface area contributed by atoms with Crippen LogP contribution in [0.5, 0.6) is 0 Å². The summed E-state index contributed by atoms with van der Waals surface area (Å²) in [6, 6.07) is 0. The molecule has 1 aromatic rings. The number of aromatic carboxylic acids is 1. The van der Waals surface area contributed by atoms with E-state index in [9.17, 15) is 9.59 Å². The average molecular weight is 283 g/mol. The molecule has 1 fully saturated rings. The molecular formula is C12H17N3O3S. The average Bonchev–Trinajstić information content (AvgIpc) is 2.78. The highest BCUT2D eigenvalue weighted by Gasteiger charge is 2.21. The highest BCUT2D eigenvalue weighted by atomic mass is 32.1. The van der Waals surface area contributed by atoms with Gasteiger partial charge in [0, 0.05) is 6.54 Å². The number of carboxylic acids is 1. The Labute approximate surface area is 115 Å². The molecule has 0 saturated carbocycles. The third-order valence-corrected chi connectivity index (χ3v) is 4.26. The summed E-state index contributed by atoms with van der Waals surface area (Å²) in [4.78, 5) is 27.2. The fraction of sp³-hybridized carbons (Fsp3) is 0.583. The molecule has 3 N–H and O–H groups in total.